The lowest BCUT2D eigenvalue weighted by molar-refractivity contribution is -0.158. The Morgan fingerprint density at radius 2 is 0.926 bits per heavy atom. The van der Waals surface area contributed by atoms with E-state index in [2.05, 4.69) is 16.0 Å². The second-order valence-electron chi connectivity index (χ2n) is 25.9. The quantitative estimate of drug-likeness (QED) is 0.0403. The second-order valence-corrected chi connectivity index (χ2v) is 25.9. The number of carboxylic acids is 1. The van der Waals surface area contributed by atoms with Crippen molar-refractivity contribution in [1.82, 2.24) is 10.6 Å². The molecule has 2 heterocycles. The van der Waals surface area contributed by atoms with E-state index in [1.165, 1.54) is 28.7 Å². The van der Waals surface area contributed by atoms with Gasteiger partial charge in [-0.3, -0.25) is 14.4 Å². The maximum atomic E-state index is 13.9. The summed E-state index contributed by atoms with van der Waals surface area (Å²) in [5.41, 5.74) is 1.25. The average molecular weight is 1340 g/mol. The molecule has 0 saturated carbocycles. The van der Waals surface area contributed by atoms with Gasteiger partial charge in [-0.05, 0) is 189 Å². The van der Waals surface area contributed by atoms with Crippen LogP contribution in [0.4, 0.5) is 47.3 Å². The molecule has 0 aliphatic carbocycles. The molecule has 2 atom stereocenters. The van der Waals surface area contributed by atoms with E-state index in [0.717, 1.165) is 30.3 Å². The van der Waals surface area contributed by atoms with E-state index in [-0.39, 0.29) is 43.3 Å². The van der Waals surface area contributed by atoms with Crippen LogP contribution in [0.15, 0.2) is 133 Å². The van der Waals surface area contributed by atoms with E-state index in [0.29, 0.717) is 45.9 Å². The van der Waals surface area contributed by atoms with E-state index in [1.807, 2.05) is 18.2 Å². The summed E-state index contributed by atoms with van der Waals surface area (Å²) >= 11 is 0. The van der Waals surface area contributed by atoms with Crippen molar-refractivity contribution in [2.75, 3.05) is 23.3 Å². The van der Waals surface area contributed by atoms with Crippen LogP contribution in [0.5, 0.6) is 11.5 Å². The Bertz CT molecular complexity index is 3540. The first-order valence-corrected chi connectivity index (χ1v) is 29.9. The topological polar surface area (TPSA) is 217 Å². The number of hydrogen-bond acceptors (Lipinski definition) is 13. The summed E-state index contributed by atoms with van der Waals surface area (Å²) in [5.74, 6) is -2.12. The number of benzene rings is 6. The number of carboxylic acid groups (broad SMARTS) is 1. The van der Waals surface area contributed by atoms with Crippen LogP contribution < -0.4 is 30.3 Å². The Morgan fingerprint density at radius 3 is 1.35 bits per heavy atom. The highest BCUT2D eigenvalue weighted by molar-refractivity contribution is 6.02. The number of esters is 2. The van der Waals surface area contributed by atoms with Crippen LogP contribution in [0.2, 0.25) is 0 Å². The normalized spacial score (nSPS) is 13.4. The van der Waals surface area contributed by atoms with Gasteiger partial charge in [-0.2, -0.15) is 26.3 Å². The molecule has 0 bridgehead atoms. The number of amides is 3. The summed E-state index contributed by atoms with van der Waals surface area (Å²) in [6.07, 6.45) is -10.2. The van der Waals surface area contributed by atoms with Crippen LogP contribution in [0.3, 0.4) is 0 Å². The molecular weight excluding hydrogens is 1250 g/mol. The van der Waals surface area contributed by atoms with Crippen molar-refractivity contribution < 1.29 is 88.6 Å². The number of nitrogens with one attached hydrogen (secondary N) is 3. The highest BCUT2D eigenvalue weighted by atomic mass is 35.5. The molecule has 0 fully saturated rings. The zero-order valence-corrected chi connectivity index (χ0v) is 55.3. The molecule has 0 radical (unpaired) electrons. The van der Waals surface area contributed by atoms with Crippen molar-refractivity contribution in [2.45, 2.75) is 169 Å². The second kappa shape index (κ2) is 31.8. The van der Waals surface area contributed by atoms with Crippen LogP contribution in [0, 0.1) is 0 Å². The van der Waals surface area contributed by atoms with Crippen molar-refractivity contribution in [1.29, 1.82) is 0 Å². The van der Waals surface area contributed by atoms with Crippen molar-refractivity contribution in [3.63, 3.8) is 0 Å². The number of carbonyl (C=O) groups is 6. The van der Waals surface area contributed by atoms with Crippen LogP contribution in [0.25, 0.3) is 22.3 Å². The van der Waals surface area contributed by atoms with Crippen molar-refractivity contribution in [2.24, 2.45) is 0 Å². The average Bonchev–Trinajstić information content (AvgIpc) is 1.19. The summed E-state index contributed by atoms with van der Waals surface area (Å²) in [7, 11) is 0. The monoisotopic (exact) mass is 1330 g/mol. The number of anilines is 2. The van der Waals surface area contributed by atoms with Gasteiger partial charge in [-0.1, -0.05) is 84.9 Å². The molecule has 17 nitrogen and oxygen atoms in total. The van der Waals surface area contributed by atoms with E-state index in [9.17, 15) is 55.1 Å². The number of hydrogen-bond donors (Lipinski definition) is 4. The lowest BCUT2D eigenvalue weighted by atomic mass is 9.97. The first-order chi connectivity index (χ1) is 43.2. The SMILES string of the molecule is CC(C)(C)OC(=O)C[C@@H](NC(=O)OC(C)(C)C)C(=O)N1CCc2cc(OCc3ccc(-c4ccccc4)c(C(F)(F)F)c3)ccc21.CC(C)(C)OC(=O)C[C@@H](NC(=O)OC(C)(C)C)C(=O)O.Cl.FC(F)(F)c1cc(COc2ccc3c(c2)CCN3)ccc1-c1ccccc1. The summed E-state index contributed by atoms with van der Waals surface area (Å²) in [6, 6.07) is 33.6. The van der Waals surface area contributed by atoms with E-state index < -0.39 is 107 Å². The third-order valence-electron chi connectivity index (χ3n) is 13.3. The minimum atomic E-state index is -4.55. The molecule has 4 N–H and O–H groups in total. The van der Waals surface area contributed by atoms with Gasteiger partial charge in [0.1, 0.15) is 59.2 Å². The lowest BCUT2D eigenvalue weighted by Gasteiger charge is -2.27. The zero-order valence-electron chi connectivity index (χ0n) is 54.5. The molecule has 0 saturated heterocycles. The third kappa shape index (κ3) is 24.2. The Hall–Kier alpha value is -8.99. The number of alkyl halides is 6. The van der Waals surface area contributed by atoms with Gasteiger partial charge in [-0.15, -0.1) is 12.4 Å². The molecular formula is C70H81ClF6N4O13. The van der Waals surface area contributed by atoms with Gasteiger partial charge in [0.05, 0.1) is 24.0 Å². The van der Waals surface area contributed by atoms with Crippen LogP contribution in [0.1, 0.15) is 129 Å². The third-order valence-corrected chi connectivity index (χ3v) is 13.3. The first-order valence-electron chi connectivity index (χ1n) is 29.9. The van der Waals surface area contributed by atoms with Gasteiger partial charge < -0.3 is 54.4 Å². The van der Waals surface area contributed by atoms with E-state index in [4.69, 9.17) is 33.5 Å². The van der Waals surface area contributed by atoms with Gasteiger partial charge in [-0.25, -0.2) is 14.4 Å². The number of alkyl carbamates (subject to hydrolysis) is 2. The van der Waals surface area contributed by atoms with E-state index in [1.54, 1.807) is 174 Å². The molecule has 6 aromatic rings. The number of carbonyl (C=O) groups excluding carboxylic acids is 5. The van der Waals surface area contributed by atoms with Gasteiger partial charge in [0.2, 0.25) is 5.91 Å². The molecule has 6 aromatic carbocycles. The van der Waals surface area contributed by atoms with Gasteiger partial charge in [0.25, 0.3) is 0 Å². The smallest absolute Gasteiger partial charge is 0.417 e. The molecule has 0 aromatic heterocycles. The van der Waals surface area contributed by atoms with Gasteiger partial charge in [0.15, 0.2) is 0 Å². The maximum absolute atomic E-state index is 13.9. The predicted molar refractivity (Wildman–Crippen MR) is 346 cm³/mol. The number of halogens is 7. The number of rotatable bonds is 16. The highest BCUT2D eigenvalue weighted by Gasteiger charge is 2.38. The molecule has 2 aliphatic rings. The molecule has 2 aliphatic heterocycles. The Balaban J connectivity index is 0.000000282. The fraction of sp³-hybridized carbons (Fsp3) is 0.400. The summed E-state index contributed by atoms with van der Waals surface area (Å²) < 4.78 is 115. The Labute approximate surface area is 549 Å². The van der Waals surface area contributed by atoms with Gasteiger partial charge >= 0.3 is 42.4 Å². The first kappa shape index (κ1) is 75.7. The fourth-order valence-corrected chi connectivity index (χ4v) is 9.56. The predicted octanol–water partition coefficient (Wildman–Crippen LogP) is 15.5. The highest BCUT2D eigenvalue weighted by Crippen LogP contribution is 2.40. The molecule has 24 heteroatoms. The molecule has 3 amide bonds. The molecule has 94 heavy (non-hydrogen) atoms. The standard InChI is InChI=1S/C35H39F3N2O6.C22H18F3NO.C13H23NO6.ClH/c1-33(2,3)45-30(41)20-28(39-32(43)46-34(4,5)6)31(42)40-17-16-24-19-25(13-15-29(24)40)44-21-22-12-14-26(23-10-8-7-9-11-23)27(18-22)35(36,37)38;23-22(24,25)20-12-15(6-8-19(20)16-4-2-1-3-5-16)14-27-18-7-9-21-17(13-18)10-11-26-21;1-12(2,3)19-9(15)7-8(10(16)17)14-11(18)20-13(4,5)6;/h7-15,18-19,28H,16-17,20-21H2,1-6H3,(H,39,43);1-9,12-13,26H,10-11,14H2;8H,7H2,1-6H3,(H,14,18)(H,16,17);1H/t28-;;8-;/m1.1./s1. The lowest BCUT2D eigenvalue weighted by Crippen LogP contribution is -2.50. The largest absolute Gasteiger partial charge is 0.489 e. The fourth-order valence-electron chi connectivity index (χ4n) is 9.56. The van der Waals surface area contributed by atoms with E-state index >= 15 is 0 Å². The number of fused-ring (bicyclic) bond motifs is 2. The summed E-state index contributed by atoms with van der Waals surface area (Å²) in [4.78, 5) is 74.4. The molecule has 0 unspecified atom stereocenters. The summed E-state index contributed by atoms with van der Waals surface area (Å²) in [6.45, 7) is 21.3. The van der Waals surface area contributed by atoms with Crippen LogP contribution in [-0.4, -0.2) is 88.7 Å². The number of aliphatic carboxylic acids is 1. The zero-order chi connectivity index (χ0) is 68.9. The minimum absolute atomic E-state index is 0. The van der Waals surface area contributed by atoms with Crippen molar-refractivity contribution in [3.05, 3.63) is 167 Å². The Kier molecular flexibility index (Phi) is 25.6. The van der Waals surface area contributed by atoms with Crippen LogP contribution >= 0.6 is 12.4 Å². The van der Waals surface area contributed by atoms with Crippen molar-refractivity contribution >= 4 is 59.8 Å². The van der Waals surface area contributed by atoms with Crippen LogP contribution in [-0.2, 0) is 76.5 Å². The molecule has 8 rings (SSSR count). The maximum Gasteiger partial charge on any atom is 0.417 e. The van der Waals surface area contributed by atoms with Gasteiger partial charge in [0, 0.05) is 24.5 Å². The number of nitrogens with zero attached hydrogens (tertiary/aromatic N) is 1. The van der Waals surface area contributed by atoms with Crippen molar-refractivity contribution in [3.8, 4) is 33.8 Å². The molecule has 508 valence electrons. The summed E-state index contributed by atoms with van der Waals surface area (Å²) in [5, 5.41) is 16.9. The minimum Gasteiger partial charge on any atom is -0.489 e. The molecule has 0 spiro atoms. The Morgan fingerprint density at radius 1 is 0.511 bits per heavy atom. The number of ether oxygens (including phenoxy) is 6.